The monoisotopic (exact) mass is 348 g/mol. The highest BCUT2D eigenvalue weighted by atomic mass is 79.9. The molecule has 0 bridgehead atoms. The van der Waals surface area contributed by atoms with Gasteiger partial charge >= 0.3 is 0 Å². The molecule has 0 N–H and O–H groups in total. The summed E-state index contributed by atoms with van der Waals surface area (Å²) >= 11 is 3.56. The molecule has 0 aliphatic carbocycles. The second kappa shape index (κ2) is 5.33. The fourth-order valence-electron chi connectivity index (χ4n) is 2.86. The highest BCUT2D eigenvalue weighted by molar-refractivity contribution is 9.10. The van der Waals surface area contributed by atoms with Crippen molar-refractivity contribution in [3.8, 4) is 11.3 Å². The fraction of sp³-hybridized carbons (Fsp3) is 0.0526. The molecule has 0 aliphatic rings. The van der Waals surface area contributed by atoms with Gasteiger partial charge < -0.3 is 4.42 Å². The van der Waals surface area contributed by atoms with Crippen molar-refractivity contribution in [1.29, 1.82) is 0 Å². The van der Waals surface area contributed by atoms with Crippen molar-refractivity contribution < 1.29 is 4.42 Å². The lowest BCUT2D eigenvalue weighted by molar-refractivity contribution is 0.632. The van der Waals surface area contributed by atoms with Crippen LogP contribution in [-0.2, 0) is 0 Å². The summed E-state index contributed by atoms with van der Waals surface area (Å²) in [6, 6.07) is 21.2. The first-order valence-electron chi connectivity index (χ1n) is 7.46. The average molecular weight is 349 g/mol. The van der Waals surface area contributed by atoms with E-state index in [4.69, 9.17) is 4.42 Å². The number of fused-ring (bicyclic) bond motifs is 3. The summed E-state index contributed by atoms with van der Waals surface area (Å²) in [4.78, 5) is 0. The molecule has 0 amide bonds. The van der Waals surface area contributed by atoms with Crippen LogP contribution in [0.5, 0.6) is 0 Å². The first kappa shape index (κ1) is 13.7. The molecule has 4 aromatic rings. The van der Waals surface area contributed by atoms with Crippen LogP contribution in [0.2, 0.25) is 6.82 Å². The molecule has 0 saturated carbocycles. The Hall–Kier alpha value is -2.00. The molecule has 0 saturated heterocycles. The van der Waals surface area contributed by atoms with Crippen LogP contribution >= 0.6 is 15.9 Å². The van der Waals surface area contributed by atoms with Gasteiger partial charge in [-0.1, -0.05) is 64.6 Å². The molecule has 0 radical (unpaired) electrons. The van der Waals surface area contributed by atoms with Crippen molar-refractivity contribution in [3.63, 3.8) is 0 Å². The van der Waals surface area contributed by atoms with Crippen molar-refractivity contribution in [2.45, 2.75) is 6.82 Å². The zero-order valence-corrected chi connectivity index (χ0v) is 13.9. The lowest BCUT2D eigenvalue weighted by Gasteiger charge is -1.99. The maximum atomic E-state index is 6.06. The van der Waals surface area contributed by atoms with E-state index in [1.165, 1.54) is 16.2 Å². The molecule has 3 heteroatoms. The third-order valence-corrected chi connectivity index (χ3v) is 4.62. The van der Waals surface area contributed by atoms with E-state index in [-0.39, 0.29) is 0 Å². The van der Waals surface area contributed by atoms with E-state index >= 15 is 0 Å². The van der Waals surface area contributed by atoms with Crippen LogP contribution in [0.25, 0.3) is 33.1 Å². The highest BCUT2D eigenvalue weighted by Crippen LogP contribution is 2.33. The van der Waals surface area contributed by atoms with Crippen LogP contribution in [0.1, 0.15) is 0 Å². The molecular weight excluding hydrogens is 335 g/mol. The lowest BCUT2D eigenvalue weighted by atomic mass is 9.73. The number of hydrogen-bond donors (Lipinski definition) is 0. The molecule has 106 valence electrons. The van der Waals surface area contributed by atoms with Gasteiger partial charge in [0.25, 0.3) is 0 Å². The standard InChI is InChI=1S/C19H14BBrO/c1-20-14-6-2-13(3-7-14)19-11-17-16-10-15(21)8-4-12(16)5-9-18(17)22-19/h2-11,20H,1H3. The molecule has 0 aliphatic heterocycles. The van der Waals surface area contributed by atoms with Crippen molar-refractivity contribution in [2.75, 3.05) is 0 Å². The second-order valence-corrected chi connectivity index (χ2v) is 6.42. The minimum atomic E-state index is 0.921. The summed E-state index contributed by atoms with van der Waals surface area (Å²) in [6.07, 6.45) is 0. The summed E-state index contributed by atoms with van der Waals surface area (Å²) in [5.74, 6) is 0.921. The van der Waals surface area contributed by atoms with E-state index in [0.29, 0.717) is 0 Å². The topological polar surface area (TPSA) is 13.1 Å². The van der Waals surface area contributed by atoms with Crippen LogP contribution in [0.3, 0.4) is 0 Å². The van der Waals surface area contributed by atoms with Crippen molar-refractivity contribution in [3.05, 3.63) is 65.1 Å². The maximum Gasteiger partial charge on any atom is 0.154 e. The summed E-state index contributed by atoms with van der Waals surface area (Å²) in [6.45, 7) is 2.17. The molecule has 0 fully saturated rings. The van der Waals surface area contributed by atoms with E-state index < -0.39 is 0 Å². The van der Waals surface area contributed by atoms with Gasteiger partial charge in [-0.3, -0.25) is 0 Å². The zero-order valence-electron chi connectivity index (χ0n) is 12.3. The molecule has 0 unspecified atom stereocenters. The Labute approximate surface area is 138 Å². The van der Waals surface area contributed by atoms with Crippen LogP contribution in [0, 0.1) is 0 Å². The second-order valence-electron chi connectivity index (χ2n) is 5.50. The molecule has 0 atom stereocenters. The van der Waals surface area contributed by atoms with E-state index in [1.807, 2.05) is 0 Å². The van der Waals surface area contributed by atoms with Crippen molar-refractivity contribution in [1.82, 2.24) is 0 Å². The average Bonchev–Trinajstić information content (AvgIpc) is 2.99. The first-order chi connectivity index (χ1) is 10.7. The quantitative estimate of drug-likeness (QED) is 0.458. The normalized spacial score (nSPS) is 11.2. The summed E-state index contributed by atoms with van der Waals surface area (Å²) in [7, 11) is 1.05. The van der Waals surface area contributed by atoms with Crippen molar-refractivity contribution in [2.24, 2.45) is 0 Å². The van der Waals surface area contributed by atoms with Gasteiger partial charge in [0, 0.05) is 15.4 Å². The Morgan fingerprint density at radius 3 is 2.41 bits per heavy atom. The Balaban J connectivity index is 1.92. The Bertz CT molecular complexity index is 970. The Kier molecular flexibility index (Phi) is 3.31. The summed E-state index contributed by atoms with van der Waals surface area (Å²) in [5, 5.41) is 3.60. The van der Waals surface area contributed by atoms with Crippen molar-refractivity contribution >= 4 is 50.4 Å². The highest BCUT2D eigenvalue weighted by Gasteiger charge is 2.09. The number of hydrogen-bond acceptors (Lipinski definition) is 1. The molecule has 3 aromatic carbocycles. The van der Waals surface area contributed by atoms with Gasteiger partial charge in [0.1, 0.15) is 11.3 Å². The number of furan rings is 1. The first-order valence-corrected chi connectivity index (χ1v) is 8.25. The fourth-order valence-corrected chi connectivity index (χ4v) is 3.22. The molecule has 1 heterocycles. The molecule has 0 spiro atoms. The lowest BCUT2D eigenvalue weighted by Crippen LogP contribution is -2.08. The number of halogens is 1. The maximum absolute atomic E-state index is 6.06. The van der Waals surface area contributed by atoms with Crippen LogP contribution in [0.15, 0.2) is 69.6 Å². The predicted octanol–water partition coefficient (Wildman–Crippen LogP) is 5.13. The van der Waals surface area contributed by atoms with E-state index in [0.717, 1.165) is 34.0 Å². The summed E-state index contributed by atoms with van der Waals surface area (Å²) in [5.41, 5.74) is 3.39. The van der Waals surface area contributed by atoms with E-state index in [1.54, 1.807) is 0 Å². The number of rotatable bonds is 2. The van der Waals surface area contributed by atoms with Gasteiger partial charge in [-0.25, -0.2) is 0 Å². The Morgan fingerprint density at radius 1 is 0.864 bits per heavy atom. The van der Waals surface area contributed by atoms with Gasteiger partial charge in [0.2, 0.25) is 0 Å². The molecule has 1 aromatic heterocycles. The molecule has 22 heavy (non-hydrogen) atoms. The smallest absolute Gasteiger partial charge is 0.154 e. The van der Waals surface area contributed by atoms with E-state index in [2.05, 4.69) is 83.4 Å². The Morgan fingerprint density at radius 2 is 1.64 bits per heavy atom. The molecule has 4 rings (SSSR count). The minimum absolute atomic E-state index is 0.921. The molecular formula is C19H14BBrO. The predicted molar refractivity (Wildman–Crippen MR) is 99.5 cm³/mol. The van der Waals surface area contributed by atoms with Crippen LogP contribution in [-0.4, -0.2) is 7.28 Å². The van der Waals surface area contributed by atoms with Gasteiger partial charge in [-0.15, -0.1) is 0 Å². The van der Waals surface area contributed by atoms with Gasteiger partial charge in [-0.05, 0) is 35.0 Å². The van der Waals surface area contributed by atoms with E-state index in [9.17, 15) is 0 Å². The SMILES string of the molecule is CBc1ccc(-c2cc3c(ccc4ccc(Br)cc43)o2)cc1. The third kappa shape index (κ3) is 2.26. The van der Waals surface area contributed by atoms with Gasteiger partial charge in [0.05, 0.1) is 0 Å². The van der Waals surface area contributed by atoms with Crippen LogP contribution in [0.4, 0.5) is 0 Å². The van der Waals surface area contributed by atoms with Gasteiger partial charge in [0.15, 0.2) is 7.28 Å². The number of benzene rings is 3. The largest absolute Gasteiger partial charge is 0.456 e. The van der Waals surface area contributed by atoms with Crippen LogP contribution < -0.4 is 5.46 Å². The zero-order chi connectivity index (χ0) is 15.1. The third-order valence-electron chi connectivity index (χ3n) is 4.13. The minimum Gasteiger partial charge on any atom is -0.456 e. The van der Waals surface area contributed by atoms with Gasteiger partial charge in [-0.2, -0.15) is 0 Å². The molecule has 1 nitrogen and oxygen atoms in total. The summed E-state index contributed by atoms with van der Waals surface area (Å²) < 4.78 is 7.15.